The molecule has 0 aromatic carbocycles. The highest BCUT2D eigenvalue weighted by atomic mass is 16.5. The van der Waals surface area contributed by atoms with E-state index in [1.807, 2.05) is 0 Å². The van der Waals surface area contributed by atoms with Crippen molar-refractivity contribution in [2.24, 2.45) is 58.0 Å². The molecule has 3 unspecified atom stereocenters. The summed E-state index contributed by atoms with van der Waals surface area (Å²) in [5, 5.41) is 0. The van der Waals surface area contributed by atoms with E-state index in [2.05, 4.69) is 27.7 Å². The van der Waals surface area contributed by atoms with Gasteiger partial charge in [0.25, 0.3) is 0 Å². The van der Waals surface area contributed by atoms with Crippen LogP contribution in [-0.2, 0) is 4.74 Å². The van der Waals surface area contributed by atoms with E-state index in [1.54, 1.807) is 0 Å². The first-order chi connectivity index (χ1) is 13.9. The van der Waals surface area contributed by atoms with Gasteiger partial charge in [0, 0.05) is 0 Å². The average molecular weight is 402 g/mol. The van der Waals surface area contributed by atoms with Crippen molar-refractivity contribution in [2.75, 3.05) is 6.54 Å². The van der Waals surface area contributed by atoms with E-state index in [9.17, 15) is 0 Å². The largest absolute Gasteiger partial charge is 0.374 e. The minimum absolute atomic E-state index is 0.487. The number of rotatable bonds is 4. The second-order valence-corrected chi connectivity index (χ2v) is 12.7. The molecule has 0 spiro atoms. The number of ether oxygens (including phenoxy) is 1. The lowest BCUT2D eigenvalue weighted by molar-refractivity contribution is -0.115. The summed E-state index contributed by atoms with van der Waals surface area (Å²) in [5.74, 6) is 6.15. The van der Waals surface area contributed by atoms with E-state index in [1.165, 1.54) is 70.6 Å². The maximum absolute atomic E-state index is 6.82. The summed E-state index contributed by atoms with van der Waals surface area (Å²) in [6.45, 7) is 11.0. The molecule has 5 rings (SSSR count). The Balaban J connectivity index is 1.33. The van der Waals surface area contributed by atoms with Gasteiger partial charge in [0.15, 0.2) is 0 Å². The molecule has 1 heterocycles. The Bertz CT molecular complexity index is 605. The molecule has 0 radical (unpaired) electrons. The fraction of sp³-hybridized carbons (Fsp3) is 1.00. The van der Waals surface area contributed by atoms with E-state index in [4.69, 9.17) is 10.5 Å². The van der Waals surface area contributed by atoms with Crippen LogP contribution in [0.4, 0.5) is 0 Å². The van der Waals surface area contributed by atoms with Crippen molar-refractivity contribution in [3.05, 3.63) is 0 Å². The molecule has 1 saturated heterocycles. The van der Waals surface area contributed by atoms with Gasteiger partial charge in [-0.3, -0.25) is 0 Å². The third-order valence-corrected chi connectivity index (χ3v) is 11.5. The molecule has 166 valence electrons. The van der Waals surface area contributed by atoms with Gasteiger partial charge in [-0.2, -0.15) is 0 Å². The van der Waals surface area contributed by atoms with Gasteiger partial charge in [0.1, 0.15) is 0 Å². The normalized spacial score (nSPS) is 54.9. The topological polar surface area (TPSA) is 35.2 Å². The van der Waals surface area contributed by atoms with Crippen LogP contribution < -0.4 is 5.73 Å². The van der Waals surface area contributed by atoms with Gasteiger partial charge in [-0.05, 0) is 117 Å². The smallest absolute Gasteiger partial charge is 0.0618 e. The van der Waals surface area contributed by atoms with Crippen LogP contribution in [0.25, 0.3) is 0 Å². The summed E-state index contributed by atoms with van der Waals surface area (Å²) < 4.78 is 6.82. The number of nitrogens with two attached hydrogens (primary N) is 1. The molecular formula is C27H47NO. The summed E-state index contributed by atoms with van der Waals surface area (Å²) >= 11 is 0. The molecule has 2 N–H and O–H groups in total. The van der Waals surface area contributed by atoms with Crippen LogP contribution >= 0.6 is 0 Å². The van der Waals surface area contributed by atoms with Crippen molar-refractivity contribution >= 4 is 0 Å². The van der Waals surface area contributed by atoms with Crippen molar-refractivity contribution in [3.8, 4) is 0 Å². The van der Waals surface area contributed by atoms with Crippen LogP contribution in [0.15, 0.2) is 0 Å². The summed E-state index contributed by atoms with van der Waals surface area (Å²) in [5.41, 5.74) is 7.07. The van der Waals surface area contributed by atoms with Crippen molar-refractivity contribution in [3.63, 3.8) is 0 Å². The van der Waals surface area contributed by atoms with E-state index < -0.39 is 0 Å². The molecule has 0 bridgehead atoms. The Morgan fingerprint density at radius 2 is 1.83 bits per heavy atom. The molecule has 4 saturated carbocycles. The first-order valence-electron chi connectivity index (χ1n) is 13.2. The molecule has 2 heteroatoms. The lowest BCUT2D eigenvalue weighted by Gasteiger charge is -2.60. The Kier molecular flexibility index (Phi) is 5.38. The Labute approximate surface area is 180 Å². The van der Waals surface area contributed by atoms with Crippen LogP contribution in [-0.4, -0.2) is 18.8 Å². The van der Waals surface area contributed by atoms with Gasteiger partial charge in [-0.25, -0.2) is 0 Å². The molecule has 5 aliphatic rings. The van der Waals surface area contributed by atoms with Crippen LogP contribution in [0.1, 0.15) is 98.3 Å². The molecule has 29 heavy (non-hydrogen) atoms. The number of hydrogen-bond acceptors (Lipinski definition) is 2. The minimum atomic E-state index is 0.487. The minimum Gasteiger partial charge on any atom is -0.374 e. The van der Waals surface area contributed by atoms with Crippen molar-refractivity contribution in [2.45, 2.75) is 111 Å². The van der Waals surface area contributed by atoms with Gasteiger partial charge >= 0.3 is 0 Å². The second kappa shape index (κ2) is 7.51. The predicted molar refractivity (Wildman–Crippen MR) is 120 cm³/mol. The van der Waals surface area contributed by atoms with Gasteiger partial charge in [-0.1, -0.05) is 40.5 Å². The molecular weight excluding hydrogens is 354 g/mol. The molecule has 11 atom stereocenters. The van der Waals surface area contributed by atoms with E-state index in [-0.39, 0.29) is 0 Å². The molecule has 0 amide bonds. The quantitative estimate of drug-likeness (QED) is 0.589. The first kappa shape index (κ1) is 20.8. The van der Waals surface area contributed by atoms with Gasteiger partial charge in [-0.15, -0.1) is 0 Å². The van der Waals surface area contributed by atoms with E-state index in [0.29, 0.717) is 29.0 Å². The lowest BCUT2D eigenvalue weighted by atomic mass is 9.44. The van der Waals surface area contributed by atoms with Crippen molar-refractivity contribution in [1.82, 2.24) is 0 Å². The summed E-state index contributed by atoms with van der Waals surface area (Å²) in [7, 11) is 0. The third-order valence-electron chi connectivity index (χ3n) is 11.5. The average Bonchev–Trinajstić information content (AvgIpc) is 3.19. The Morgan fingerprint density at radius 1 is 1.00 bits per heavy atom. The number of hydrogen-bond donors (Lipinski definition) is 1. The molecule has 5 fully saturated rings. The Hall–Kier alpha value is -0.0800. The molecule has 4 aliphatic carbocycles. The van der Waals surface area contributed by atoms with Gasteiger partial charge in [0.2, 0.25) is 0 Å². The highest BCUT2D eigenvalue weighted by Gasteiger charge is 2.65. The first-order valence-corrected chi connectivity index (χ1v) is 13.2. The van der Waals surface area contributed by atoms with E-state index in [0.717, 1.165) is 42.1 Å². The van der Waals surface area contributed by atoms with Crippen LogP contribution in [0.5, 0.6) is 0 Å². The maximum Gasteiger partial charge on any atom is 0.0618 e. The van der Waals surface area contributed by atoms with Crippen LogP contribution in [0.3, 0.4) is 0 Å². The fourth-order valence-electron chi connectivity index (χ4n) is 9.88. The molecule has 1 aliphatic heterocycles. The lowest BCUT2D eigenvalue weighted by Crippen LogP contribution is -2.53. The van der Waals surface area contributed by atoms with E-state index >= 15 is 0 Å². The summed E-state index contributed by atoms with van der Waals surface area (Å²) in [6, 6.07) is 0. The van der Waals surface area contributed by atoms with Crippen LogP contribution in [0, 0.1) is 52.3 Å². The van der Waals surface area contributed by atoms with Crippen LogP contribution in [0.2, 0.25) is 0 Å². The van der Waals surface area contributed by atoms with Gasteiger partial charge < -0.3 is 10.5 Å². The third kappa shape index (κ3) is 3.09. The van der Waals surface area contributed by atoms with Crippen molar-refractivity contribution in [1.29, 1.82) is 0 Å². The summed E-state index contributed by atoms with van der Waals surface area (Å²) in [6.07, 6.45) is 16.9. The maximum atomic E-state index is 6.82. The zero-order chi connectivity index (χ0) is 20.4. The van der Waals surface area contributed by atoms with Crippen molar-refractivity contribution < 1.29 is 4.74 Å². The summed E-state index contributed by atoms with van der Waals surface area (Å²) in [4.78, 5) is 0. The Morgan fingerprint density at radius 3 is 2.62 bits per heavy atom. The molecule has 0 aromatic rings. The molecule has 0 aromatic heterocycles. The zero-order valence-electron chi connectivity index (χ0n) is 19.7. The predicted octanol–water partition coefficient (Wildman–Crippen LogP) is 6.42. The second-order valence-electron chi connectivity index (χ2n) is 12.7. The fourth-order valence-corrected chi connectivity index (χ4v) is 9.88. The zero-order valence-corrected chi connectivity index (χ0v) is 19.7. The SMILES string of the molecule is CC(CN)CCC1O[C@H]2C[C@H]3[C@@H]4CCC5CCCC[C@]5(C)[C@H]4CC[C@]3(C)[C@H]2[C@@H]1C. The monoisotopic (exact) mass is 401 g/mol. The standard InChI is InChI=1S/C27H47NO/c1-17(16-28)8-11-23-18(2)25-24(29-23)15-22-20-10-9-19-7-5-6-13-26(19,3)21(20)12-14-27(22,25)4/h17-25H,5-16,28H2,1-4H3/t17?,18-,19?,20-,21+,22+,23?,24+,25+,26+,27+/m1/s1. The number of fused-ring (bicyclic) bond motifs is 7. The van der Waals surface area contributed by atoms with Gasteiger partial charge in [0.05, 0.1) is 12.2 Å². The highest BCUT2D eigenvalue weighted by molar-refractivity contribution is 5.13. The highest BCUT2D eigenvalue weighted by Crippen LogP contribution is 2.70. The molecule has 2 nitrogen and oxygen atoms in total.